The van der Waals surface area contributed by atoms with Gasteiger partial charge in [0.1, 0.15) is 17.9 Å². The summed E-state index contributed by atoms with van der Waals surface area (Å²) in [6.45, 7) is 1.79. The molecule has 3 aliphatic rings. The number of benzene rings is 2. The van der Waals surface area contributed by atoms with Crippen molar-refractivity contribution in [3.8, 4) is 0 Å². The monoisotopic (exact) mass is 761 g/mol. The van der Waals surface area contributed by atoms with Crippen molar-refractivity contribution < 1.29 is 31.9 Å². The third-order valence-electron chi connectivity index (χ3n) is 11.3. The van der Waals surface area contributed by atoms with Gasteiger partial charge in [0.25, 0.3) is 5.91 Å². The number of alkyl halides is 4. The maximum absolute atomic E-state index is 16.1. The number of anilines is 1. The number of hydrogen-bond acceptors (Lipinski definition) is 8. The maximum Gasteiger partial charge on any atom is 0.434 e. The summed E-state index contributed by atoms with van der Waals surface area (Å²) in [5.41, 5.74) is 0.983. The molecule has 8 rings (SSSR count). The zero-order valence-electron chi connectivity index (χ0n) is 29.9. The van der Waals surface area contributed by atoms with E-state index in [9.17, 15) is 32.3 Å². The van der Waals surface area contributed by atoms with Gasteiger partial charge in [0, 0.05) is 49.7 Å². The summed E-state index contributed by atoms with van der Waals surface area (Å²) >= 11 is 0. The lowest BCUT2D eigenvalue weighted by Crippen LogP contribution is -2.44. The van der Waals surface area contributed by atoms with Crippen LogP contribution < -0.4 is 16.3 Å². The summed E-state index contributed by atoms with van der Waals surface area (Å²) in [5, 5.41) is 10.4. The van der Waals surface area contributed by atoms with E-state index in [2.05, 4.69) is 25.5 Å². The van der Waals surface area contributed by atoms with Crippen molar-refractivity contribution in [2.24, 2.45) is 13.0 Å². The van der Waals surface area contributed by atoms with Gasteiger partial charge in [-0.25, -0.2) is 14.2 Å². The number of aryl methyl sites for hydroxylation is 1. The Bertz CT molecular complexity index is 2360. The molecule has 2 saturated heterocycles. The van der Waals surface area contributed by atoms with Crippen molar-refractivity contribution in [2.45, 2.75) is 75.3 Å². The average molecular weight is 762 g/mol. The highest BCUT2D eigenvalue weighted by molar-refractivity contribution is 6.03. The van der Waals surface area contributed by atoms with Crippen LogP contribution in [0.3, 0.4) is 0 Å². The fourth-order valence-corrected chi connectivity index (χ4v) is 8.56. The molecule has 2 N–H and O–H groups in total. The number of amides is 3. The Balaban J connectivity index is 0.872. The lowest BCUT2D eigenvalue weighted by Gasteiger charge is -2.38. The minimum absolute atomic E-state index is 0.144. The highest BCUT2D eigenvalue weighted by Crippen LogP contribution is 2.38. The Morgan fingerprint density at radius 1 is 1.02 bits per heavy atom. The lowest BCUT2D eigenvalue weighted by molar-refractivity contribution is -0.141. The third-order valence-corrected chi connectivity index (χ3v) is 11.3. The zero-order chi connectivity index (χ0) is 38.6. The quantitative estimate of drug-likeness (QED) is 0.168. The fraction of sp³-hybridized carbons (Fsp3) is 0.447. The Morgan fingerprint density at radius 2 is 1.82 bits per heavy atom. The van der Waals surface area contributed by atoms with E-state index in [4.69, 9.17) is 5.10 Å². The summed E-state index contributed by atoms with van der Waals surface area (Å²) in [6, 6.07) is 9.91. The highest BCUT2D eigenvalue weighted by Gasteiger charge is 2.37. The molecule has 0 bridgehead atoms. The van der Waals surface area contributed by atoms with E-state index < -0.39 is 47.5 Å². The van der Waals surface area contributed by atoms with Crippen LogP contribution in [-0.4, -0.2) is 77.3 Å². The molecule has 3 atom stereocenters. The molecule has 1 unspecified atom stereocenters. The first kappa shape index (κ1) is 36.5. The molecule has 0 radical (unpaired) electrons. The van der Waals surface area contributed by atoms with Gasteiger partial charge in [-0.05, 0) is 80.8 Å². The van der Waals surface area contributed by atoms with Gasteiger partial charge < -0.3 is 10.2 Å². The normalized spacial score (nSPS) is 24.0. The first-order valence-electron chi connectivity index (χ1n) is 18.4. The number of fused-ring (bicyclic) bond motifs is 2. The molecule has 17 heteroatoms. The second-order valence-corrected chi connectivity index (χ2v) is 14.9. The molecule has 5 aromatic rings. The minimum atomic E-state index is -4.72. The van der Waals surface area contributed by atoms with Gasteiger partial charge in [0.15, 0.2) is 5.69 Å². The number of para-hydroxylation sites is 1. The maximum atomic E-state index is 16.1. The Hall–Kier alpha value is -5.45. The van der Waals surface area contributed by atoms with Crippen molar-refractivity contribution in [2.75, 3.05) is 25.0 Å². The van der Waals surface area contributed by atoms with Crippen molar-refractivity contribution in [3.63, 3.8) is 0 Å². The number of rotatable bonds is 7. The van der Waals surface area contributed by atoms with Crippen LogP contribution >= 0.6 is 0 Å². The van der Waals surface area contributed by atoms with Gasteiger partial charge in [-0.1, -0.05) is 12.1 Å². The van der Waals surface area contributed by atoms with E-state index in [1.807, 2.05) is 16.9 Å². The predicted molar refractivity (Wildman–Crippen MR) is 193 cm³/mol. The number of halogens is 4. The van der Waals surface area contributed by atoms with Crippen molar-refractivity contribution >= 4 is 45.3 Å². The van der Waals surface area contributed by atoms with E-state index in [-0.39, 0.29) is 37.0 Å². The van der Waals surface area contributed by atoms with Crippen LogP contribution in [0.2, 0.25) is 0 Å². The van der Waals surface area contributed by atoms with Crippen molar-refractivity contribution in [1.82, 2.24) is 39.1 Å². The third kappa shape index (κ3) is 7.12. The number of imidazole rings is 1. The standard InChI is InChI=1S/C38H39F4N9O4/c1-48-34-26(3-2-4-30(34)51(37(48)55)31-11-12-33(52)46-36(31)54)25-13-14-49(20-27(25)39)18-21-5-8-24(9-6-21)50-19-22-15-23(7-10-28(22)47-50)44-35(53)29-16-43-17-32(45-29)38(40,41)42/h2-4,7,10,15-17,19,21,24-25,27,31H,5-6,8-9,11-14,18,20H2,1H3,(H,44,53)(H,46,52,54)/t21?,24?,25-,27+,31?/m0/s1. The summed E-state index contributed by atoms with van der Waals surface area (Å²) < 4.78 is 60.0. The number of carbonyl (C=O) groups excluding carboxylic acids is 3. The minimum Gasteiger partial charge on any atom is -0.321 e. The van der Waals surface area contributed by atoms with Gasteiger partial charge in [0.05, 0.1) is 35.0 Å². The second kappa shape index (κ2) is 14.3. The van der Waals surface area contributed by atoms with Crippen LogP contribution in [0.25, 0.3) is 21.9 Å². The van der Waals surface area contributed by atoms with Crippen molar-refractivity contribution in [3.05, 3.63) is 82.4 Å². The fourth-order valence-electron chi connectivity index (χ4n) is 8.56. The average Bonchev–Trinajstić information content (AvgIpc) is 3.69. The topological polar surface area (TPSA) is 149 Å². The molecule has 1 aliphatic carbocycles. The molecule has 288 valence electrons. The Labute approximate surface area is 311 Å². The number of nitrogens with zero attached hydrogens (tertiary/aromatic N) is 7. The second-order valence-electron chi connectivity index (χ2n) is 14.9. The number of likely N-dealkylation sites (tertiary alicyclic amines) is 1. The zero-order valence-corrected chi connectivity index (χ0v) is 29.9. The van der Waals surface area contributed by atoms with Crippen LogP contribution in [0.4, 0.5) is 23.2 Å². The van der Waals surface area contributed by atoms with E-state index >= 15 is 4.39 Å². The summed E-state index contributed by atoms with van der Waals surface area (Å²) in [7, 11) is 1.64. The SMILES string of the molecule is Cn1c(=O)n(C2CCC(=O)NC2=O)c2cccc([C@@H]3CCN(CC4CCC(n5cc6cc(NC(=O)c7cncc(C(F)(F)F)n7)ccc6n5)CC4)C[C@H]3F)c21. The van der Waals surface area contributed by atoms with Gasteiger partial charge in [-0.2, -0.15) is 18.3 Å². The molecular formula is C38H39F4N9O4. The van der Waals surface area contributed by atoms with Gasteiger partial charge >= 0.3 is 11.9 Å². The molecule has 5 heterocycles. The smallest absolute Gasteiger partial charge is 0.321 e. The van der Waals surface area contributed by atoms with Crippen LogP contribution in [-0.2, 0) is 22.8 Å². The molecule has 55 heavy (non-hydrogen) atoms. The van der Waals surface area contributed by atoms with Gasteiger partial charge in [-0.15, -0.1) is 0 Å². The first-order valence-corrected chi connectivity index (χ1v) is 18.4. The highest BCUT2D eigenvalue weighted by atomic mass is 19.4. The van der Waals surface area contributed by atoms with E-state index in [1.54, 1.807) is 37.4 Å². The van der Waals surface area contributed by atoms with Crippen LogP contribution in [0.15, 0.2) is 59.8 Å². The number of carbonyl (C=O) groups is 3. The number of hydrogen-bond donors (Lipinski definition) is 2. The molecule has 3 fully saturated rings. The Kier molecular flexibility index (Phi) is 9.51. The van der Waals surface area contributed by atoms with Crippen molar-refractivity contribution in [1.29, 1.82) is 0 Å². The first-order chi connectivity index (χ1) is 26.3. The molecule has 0 spiro atoms. The van der Waals surface area contributed by atoms with Gasteiger partial charge in [0.2, 0.25) is 11.8 Å². The number of aromatic nitrogens is 6. The number of imide groups is 1. The summed E-state index contributed by atoms with van der Waals surface area (Å²) in [5.74, 6) is -1.68. The Morgan fingerprint density at radius 3 is 2.56 bits per heavy atom. The number of piperidine rings is 2. The van der Waals surface area contributed by atoms with Gasteiger partial charge in [-0.3, -0.25) is 38.5 Å². The molecule has 1 saturated carbocycles. The van der Waals surface area contributed by atoms with Crippen LogP contribution in [0.5, 0.6) is 0 Å². The number of nitrogens with one attached hydrogen (secondary N) is 2. The molecule has 13 nitrogen and oxygen atoms in total. The van der Waals surface area contributed by atoms with Crippen LogP contribution in [0.1, 0.15) is 84.7 Å². The predicted octanol–water partition coefficient (Wildman–Crippen LogP) is 5.29. The lowest BCUT2D eigenvalue weighted by atomic mass is 9.83. The van der Waals surface area contributed by atoms with E-state index in [0.29, 0.717) is 41.8 Å². The molecule has 2 aliphatic heterocycles. The van der Waals surface area contributed by atoms with Crippen LogP contribution in [0, 0.1) is 5.92 Å². The largest absolute Gasteiger partial charge is 0.434 e. The molecule has 2 aromatic carbocycles. The summed E-state index contributed by atoms with van der Waals surface area (Å²) in [4.78, 5) is 59.5. The molecule has 3 aromatic heterocycles. The molecule has 3 amide bonds. The van der Waals surface area contributed by atoms with E-state index in [1.165, 1.54) is 9.13 Å². The van der Waals surface area contributed by atoms with E-state index in [0.717, 1.165) is 54.9 Å². The molecular weight excluding hydrogens is 722 g/mol. The summed E-state index contributed by atoms with van der Waals surface area (Å²) in [6.07, 6.45) is 2.25.